The minimum atomic E-state index is 0.203. The number of hydrogen-bond donors (Lipinski definition) is 0. The van der Waals surface area contributed by atoms with Gasteiger partial charge < -0.3 is 4.57 Å². The lowest BCUT2D eigenvalue weighted by molar-refractivity contribution is 0.101. The zero-order valence-corrected chi connectivity index (χ0v) is 7.55. The van der Waals surface area contributed by atoms with Gasteiger partial charge in [-0.15, -0.1) is 0 Å². The monoisotopic (exact) mass is 163 g/mol. The molecule has 1 aliphatic heterocycles. The molecule has 2 heteroatoms. The van der Waals surface area contributed by atoms with E-state index in [2.05, 4.69) is 11.5 Å². The molecule has 0 unspecified atom stereocenters. The Labute approximate surface area is 72.2 Å². The van der Waals surface area contributed by atoms with Crippen molar-refractivity contribution in [3.8, 4) is 0 Å². The number of fused-ring (bicyclic) bond motifs is 1. The van der Waals surface area contributed by atoms with Gasteiger partial charge in [0.15, 0.2) is 5.78 Å². The number of rotatable bonds is 1. The van der Waals surface area contributed by atoms with Gasteiger partial charge in [0.1, 0.15) is 0 Å². The lowest BCUT2D eigenvalue weighted by atomic mass is 10.1. The van der Waals surface area contributed by atoms with Crippen molar-refractivity contribution in [1.82, 2.24) is 4.57 Å². The number of carbonyl (C=O) groups excluding carboxylic acids is 1. The van der Waals surface area contributed by atoms with Crippen molar-refractivity contribution in [3.63, 3.8) is 0 Å². The van der Waals surface area contributed by atoms with Gasteiger partial charge in [-0.3, -0.25) is 4.79 Å². The van der Waals surface area contributed by atoms with E-state index in [1.165, 1.54) is 17.8 Å². The van der Waals surface area contributed by atoms with Gasteiger partial charge in [-0.1, -0.05) is 0 Å². The fraction of sp³-hybridized carbons (Fsp3) is 0.500. The molecule has 0 spiro atoms. The molecule has 1 aliphatic rings. The average Bonchev–Trinajstić information content (AvgIpc) is 2.53. The van der Waals surface area contributed by atoms with Gasteiger partial charge in [0.05, 0.1) is 0 Å². The fourth-order valence-electron chi connectivity index (χ4n) is 2.02. The number of ketones is 1. The molecular formula is C10H13NO. The summed E-state index contributed by atoms with van der Waals surface area (Å²) in [6.45, 7) is 4.81. The van der Waals surface area contributed by atoms with Crippen LogP contribution in [0.3, 0.4) is 0 Å². The van der Waals surface area contributed by atoms with Gasteiger partial charge in [-0.25, -0.2) is 0 Å². The molecule has 0 bridgehead atoms. The van der Waals surface area contributed by atoms with Crippen molar-refractivity contribution in [2.45, 2.75) is 33.2 Å². The maximum Gasteiger partial charge on any atom is 0.161 e. The first-order valence-corrected chi connectivity index (χ1v) is 4.40. The molecule has 0 fully saturated rings. The van der Waals surface area contributed by atoms with Gasteiger partial charge in [0.2, 0.25) is 0 Å². The Morgan fingerprint density at radius 2 is 2.33 bits per heavy atom. The van der Waals surface area contributed by atoms with Crippen LogP contribution in [0.15, 0.2) is 6.07 Å². The van der Waals surface area contributed by atoms with E-state index >= 15 is 0 Å². The van der Waals surface area contributed by atoms with Crippen LogP contribution in [0.4, 0.5) is 0 Å². The third kappa shape index (κ3) is 0.909. The molecule has 64 valence electrons. The Kier molecular flexibility index (Phi) is 1.56. The number of aromatic nitrogens is 1. The number of aryl methyl sites for hydroxylation is 1. The van der Waals surface area contributed by atoms with E-state index in [0.29, 0.717) is 0 Å². The van der Waals surface area contributed by atoms with Crippen molar-refractivity contribution in [2.75, 3.05) is 0 Å². The molecule has 0 radical (unpaired) electrons. The molecule has 0 saturated heterocycles. The number of hydrogen-bond acceptors (Lipinski definition) is 1. The van der Waals surface area contributed by atoms with Crippen molar-refractivity contribution >= 4 is 5.78 Å². The molecule has 0 aliphatic carbocycles. The Morgan fingerprint density at radius 1 is 1.58 bits per heavy atom. The first kappa shape index (κ1) is 7.59. The summed E-state index contributed by atoms with van der Waals surface area (Å²) < 4.78 is 2.26. The van der Waals surface area contributed by atoms with Crippen molar-refractivity contribution in [1.29, 1.82) is 0 Å². The average molecular weight is 163 g/mol. The second kappa shape index (κ2) is 2.47. The molecule has 12 heavy (non-hydrogen) atoms. The second-order valence-electron chi connectivity index (χ2n) is 3.46. The summed E-state index contributed by atoms with van der Waals surface area (Å²) >= 11 is 0. The number of carbonyl (C=O) groups is 1. The Hall–Kier alpha value is -1.05. The van der Waals surface area contributed by atoms with E-state index in [1.807, 2.05) is 6.07 Å². The van der Waals surface area contributed by atoms with Crippen LogP contribution in [-0.4, -0.2) is 10.4 Å². The first-order valence-electron chi connectivity index (χ1n) is 4.40. The van der Waals surface area contributed by atoms with Crippen LogP contribution in [0.5, 0.6) is 0 Å². The lowest BCUT2D eigenvalue weighted by Gasteiger charge is -1.98. The molecule has 1 aromatic rings. The predicted molar refractivity (Wildman–Crippen MR) is 47.5 cm³/mol. The van der Waals surface area contributed by atoms with E-state index < -0.39 is 0 Å². The van der Waals surface area contributed by atoms with E-state index in [0.717, 1.165) is 18.5 Å². The van der Waals surface area contributed by atoms with Gasteiger partial charge in [-0.05, 0) is 32.8 Å². The van der Waals surface area contributed by atoms with Crippen LogP contribution >= 0.6 is 0 Å². The van der Waals surface area contributed by atoms with Gasteiger partial charge >= 0.3 is 0 Å². The molecule has 1 aromatic heterocycles. The van der Waals surface area contributed by atoms with E-state index in [9.17, 15) is 4.79 Å². The highest BCUT2D eigenvalue weighted by molar-refractivity contribution is 5.95. The van der Waals surface area contributed by atoms with Crippen LogP contribution in [0, 0.1) is 6.92 Å². The Bertz CT molecular complexity index is 336. The summed E-state index contributed by atoms with van der Waals surface area (Å²) in [5, 5.41) is 0. The molecule has 2 rings (SSSR count). The summed E-state index contributed by atoms with van der Waals surface area (Å²) in [4.78, 5) is 11.2. The summed E-state index contributed by atoms with van der Waals surface area (Å²) in [5.74, 6) is 0.203. The third-order valence-electron chi connectivity index (χ3n) is 2.59. The number of nitrogens with zero attached hydrogens (tertiary/aromatic N) is 1. The molecule has 0 N–H and O–H groups in total. The lowest BCUT2D eigenvalue weighted by Crippen LogP contribution is -1.97. The number of Topliss-reactive ketones (excluding diaryl/α,β-unsaturated/α-hetero) is 1. The van der Waals surface area contributed by atoms with Gasteiger partial charge in [-0.2, -0.15) is 0 Å². The molecule has 0 aromatic carbocycles. The van der Waals surface area contributed by atoms with E-state index in [1.54, 1.807) is 6.92 Å². The quantitative estimate of drug-likeness (QED) is 0.580. The minimum absolute atomic E-state index is 0.203. The normalized spacial score (nSPS) is 14.8. The van der Waals surface area contributed by atoms with Crippen LogP contribution in [-0.2, 0) is 13.0 Å². The molecule has 2 heterocycles. The maximum atomic E-state index is 11.2. The van der Waals surface area contributed by atoms with Gasteiger partial charge in [0, 0.05) is 23.5 Å². The highest BCUT2D eigenvalue weighted by atomic mass is 16.1. The smallest absolute Gasteiger partial charge is 0.161 e. The topological polar surface area (TPSA) is 22.0 Å². The predicted octanol–water partition coefficient (Wildman–Crippen LogP) is 1.95. The molecule has 0 atom stereocenters. The zero-order chi connectivity index (χ0) is 8.72. The van der Waals surface area contributed by atoms with Crippen molar-refractivity contribution in [3.05, 3.63) is 23.0 Å². The summed E-state index contributed by atoms with van der Waals surface area (Å²) in [6, 6.07) is 2.01. The second-order valence-corrected chi connectivity index (χ2v) is 3.46. The third-order valence-corrected chi connectivity index (χ3v) is 2.59. The standard InChI is InChI=1S/C10H13NO/c1-7-6-9(8(2)12)10-4-3-5-11(7)10/h6H,3-5H2,1-2H3. The van der Waals surface area contributed by atoms with Gasteiger partial charge in [0.25, 0.3) is 0 Å². The fourth-order valence-corrected chi connectivity index (χ4v) is 2.02. The molecular weight excluding hydrogens is 150 g/mol. The van der Waals surface area contributed by atoms with Crippen LogP contribution < -0.4 is 0 Å². The largest absolute Gasteiger partial charge is 0.348 e. The van der Waals surface area contributed by atoms with Crippen molar-refractivity contribution < 1.29 is 4.79 Å². The summed E-state index contributed by atoms with van der Waals surface area (Å²) in [6.07, 6.45) is 2.26. The molecule has 0 saturated carbocycles. The molecule has 2 nitrogen and oxygen atoms in total. The zero-order valence-electron chi connectivity index (χ0n) is 7.55. The Balaban J connectivity index is 2.58. The first-order chi connectivity index (χ1) is 5.70. The molecule has 0 amide bonds. The van der Waals surface area contributed by atoms with Crippen LogP contribution in [0.2, 0.25) is 0 Å². The Morgan fingerprint density at radius 3 is 3.00 bits per heavy atom. The highest BCUT2D eigenvalue weighted by Gasteiger charge is 2.19. The SMILES string of the molecule is CC(=O)c1cc(C)n2c1CCC2. The van der Waals surface area contributed by atoms with Crippen molar-refractivity contribution in [2.24, 2.45) is 0 Å². The van der Waals surface area contributed by atoms with Crippen LogP contribution in [0.1, 0.15) is 35.1 Å². The summed E-state index contributed by atoms with van der Waals surface area (Å²) in [7, 11) is 0. The summed E-state index contributed by atoms with van der Waals surface area (Å²) in [5.41, 5.74) is 3.41. The van der Waals surface area contributed by atoms with E-state index in [4.69, 9.17) is 0 Å². The highest BCUT2D eigenvalue weighted by Crippen LogP contribution is 2.23. The van der Waals surface area contributed by atoms with Crippen LogP contribution in [0.25, 0.3) is 0 Å². The maximum absolute atomic E-state index is 11.2. The minimum Gasteiger partial charge on any atom is -0.348 e. The van der Waals surface area contributed by atoms with E-state index in [-0.39, 0.29) is 5.78 Å².